The van der Waals surface area contributed by atoms with Crippen LogP contribution in [-0.4, -0.2) is 55.6 Å². The monoisotopic (exact) mass is 174 g/mol. The molecule has 1 fully saturated rings. The molecule has 1 aliphatic rings. The molecule has 1 heterocycles. The lowest BCUT2D eigenvalue weighted by atomic mass is 10.4. The van der Waals surface area contributed by atoms with E-state index in [4.69, 9.17) is 9.84 Å². The molecule has 4 nitrogen and oxygen atoms in total. The molecule has 0 aromatic carbocycles. The van der Waals surface area contributed by atoms with Crippen molar-refractivity contribution in [3.8, 4) is 0 Å². The second-order valence-corrected chi connectivity index (χ2v) is 3.06. The molecule has 0 radical (unpaired) electrons. The van der Waals surface area contributed by atoms with E-state index >= 15 is 0 Å². The molecule has 0 spiro atoms. The maximum Gasteiger partial charge on any atom is 0.151 e. The van der Waals surface area contributed by atoms with Gasteiger partial charge in [-0.2, -0.15) is 0 Å². The van der Waals surface area contributed by atoms with Crippen molar-refractivity contribution in [3.63, 3.8) is 0 Å². The van der Waals surface area contributed by atoms with E-state index in [1.807, 2.05) is 0 Å². The molecule has 72 valence electrons. The fourth-order valence-electron chi connectivity index (χ4n) is 1.29. The maximum atomic E-state index is 8.83. The van der Waals surface area contributed by atoms with Crippen LogP contribution in [0.1, 0.15) is 6.92 Å². The van der Waals surface area contributed by atoms with Crippen LogP contribution in [0.2, 0.25) is 0 Å². The zero-order valence-electron chi connectivity index (χ0n) is 7.62. The molecule has 1 unspecified atom stereocenters. The Kier molecular flexibility index (Phi) is 4.53. The lowest BCUT2D eigenvalue weighted by molar-refractivity contribution is -0.0896. The molecule has 0 aliphatic carbocycles. The van der Waals surface area contributed by atoms with E-state index in [-0.39, 0.29) is 0 Å². The molecule has 1 aliphatic heterocycles. The van der Waals surface area contributed by atoms with Gasteiger partial charge < -0.3 is 15.2 Å². The van der Waals surface area contributed by atoms with Gasteiger partial charge in [0.1, 0.15) is 0 Å². The molecule has 0 amide bonds. The van der Waals surface area contributed by atoms with Crippen LogP contribution in [0.25, 0.3) is 0 Å². The minimum atomic E-state index is -0.632. The van der Waals surface area contributed by atoms with E-state index in [1.165, 1.54) is 0 Å². The van der Waals surface area contributed by atoms with Crippen molar-refractivity contribution < 1.29 is 9.84 Å². The average molecular weight is 174 g/mol. The molecule has 1 rings (SSSR count). The molecule has 12 heavy (non-hydrogen) atoms. The number of hydrogen-bond donors (Lipinski definition) is 2. The van der Waals surface area contributed by atoms with E-state index < -0.39 is 6.29 Å². The lowest BCUT2D eigenvalue weighted by Crippen LogP contribution is -2.44. The van der Waals surface area contributed by atoms with Crippen LogP contribution >= 0.6 is 0 Å². The third-order valence-electron chi connectivity index (χ3n) is 1.98. The molecule has 0 aromatic heterocycles. The normalized spacial score (nSPS) is 22.5. The summed E-state index contributed by atoms with van der Waals surface area (Å²) in [6, 6.07) is 0. The summed E-state index contributed by atoms with van der Waals surface area (Å²) >= 11 is 0. The van der Waals surface area contributed by atoms with Gasteiger partial charge in [0, 0.05) is 32.7 Å². The molecule has 1 saturated heterocycles. The fraction of sp³-hybridized carbons (Fsp3) is 1.00. The highest BCUT2D eigenvalue weighted by Gasteiger charge is 2.08. The number of aliphatic hydroxyl groups is 1. The molecular weight excluding hydrogens is 156 g/mol. The minimum Gasteiger partial charge on any atom is -0.368 e. The molecule has 0 aromatic rings. The first-order chi connectivity index (χ1) is 5.79. The van der Waals surface area contributed by atoms with Gasteiger partial charge in [-0.15, -0.1) is 0 Å². The van der Waals surface area contributed by atoms with Gasteiger partial charge in [-0.3, -0.25) is 4.90 Å². The van der Waals surface area contributed by atoms with Crippen molar-refractivity contribution in [3.05, 3.63) is 0 Å². The zero-order valence-corrected chi connectivity index (χ0v) is 7.62. The Hall–Kier alpha value is -0.160. The summed E-state index contributed by atoms with van der Waals surface area (Å²) in [7, 11) is 0. The van der Waals surface area contributed by atoms with Gasteiger partial charge in [0.15, 0.2) is 6.29 Å². The van der Waals surface area contributed by atoms with Crippen LogP contribution in [0.4, 0.5) is 0 Å². The topological polar surface area (TPSA) is 44.7 Å². The van der Waals surface area contributed by atoms with Gasteiger partial charge in [0.25, 0.3) is 0 Å². The maximum absolute atomic E-state index is 8.83. The smallest absolute Gasteiger partial charge is 0.151 e. The van der Waals surface area contributed by atoms with Crippen molar-refractivity contribution in [2.45, 2.75) is 13.2 Å². The minimum absolute atomic E-state index is 0.623. The summed E-state index contributed by atoms with van der Waals surface area (Å²) < 4.78 is 5.04. The average Bonchev–Trinajstić information content (AvgIpc) is 2.05. The first kappa shape index (κ1) is 9.92. The predicted octanol–water partition coefficient (Wildman–Crippen LogP) is -0.753. The molecular formula is C8H18N2O2. The molecule has 4 heteroatoms. The van der Waals surface area contributed by atoms with Crippen molar-refractivity contribution >= 4 is 0 Å². The Balaban J connectivity index is 1.98. The standard InChI is InChI=1S/C8H18N2O2/c1-8(11)12-7-6-10-4-2-9-3-5-10/h8-9,11H,2-7H2,1H3. The van der Waals surface area contributed by atoms with Crippen molar-refractivity contribution in [2.24, 2.45) is 0 Å². The summed E-state index contributed by atoms with van der Waals surface area (Å²) in [5.41, 5.74) is 0. The highest BCUT2D eigenvalue weighted by Crippen LogP contribution is 1.92. The van der Waals surface area contributed by atoms with Crippen LogP contribution in [0, 0.1) is 0 Å². The van der Waals surface area contributed by atoms with Crippen LogP contribution in [-0.2, 0) is 4.74 Å². The number of nitrogens with one attached hydrogen (secondary N) is 1. The number of hydrogen-bond acceptors (Lipinski definition) is 4. The van der Waals surface area contributed by atoms with Crippen molar-refractivity contribution in [2.75, 3.05) is 39.3 Å². The van der Waals surface area contributed by atoms with Gasteiger partial charge in [0.2, 0.25) is 0 Å². The second kappa shape index (κ2) is 5.48. The number of rotatable bonds is 4. The van der Waals surface area contributed by atoms with E-state index in [1.54, 1.807) is 6.92 Å². The third kappa shape index (κ3) is 4.01. The summed E-state index contributed by atoms with van der Waals surface area (Å²) in [4.78, 5) is 2.33. The van der Waals surface area contributed by atoms with Crippen LogP contribution in [0.15, 0.2) is 0 Å². The first-order valence-electron chi connectivity index (χ1n) is 4.52. The summed E-state index contributed by atoms with van der Waals surface area (Å²) in [6.07, 6.45) is -0.632. The molecule has 0 bridgehead atoms. The summed E-state index contributed by atoms with van der Waals surface area (Å²) in [6.45, 7) is 7.48. The van der Waals surface area contributed by atoms with Crippen molar-refractivity contribution in [1.82, 2.24) is 10.2 Å². The molecule has 0 saturated carbocycles. The Morgan fingerprint density at radius 1 is 1.50 bits per heavy atom. The predicted molar refractivity (Wildman–Crippen MR) is 46.9 cm³/mol. The highest BCUT2D eigenvalue weighted by molar-refractivity contribution is 4.66. The van der Waals surface area contributed by atoms with E-state index in [0.29, 0.717) is 6.61 Å². The van der Waals surface area contributed by atoms with Crippen LogP contribution < -0.4 is 5.32 Å². The molecule has 1 atom stereocenters. The largest absolute Gasteiger partial charge is 0.368 e. The van der Waals surface area contributed by atoms with Gasteiger partial charge in [0.05, 0.1) is 6.61 Å². The number of aliphatic hydroxyl groups excluding tert-OH is 1. The Labute approximate surface area is 73.5 Å². The van der Waals surface area contributed by atoms with Crippen LogP contribution in [0.3, 0.4) is 0 Å². The SMILES string of the molecule is CC(O)OCCN1CCNCC1. The first-order valence-corrected chi connectivity index (χ1v) is 4.52. The summed E-state index contributed by atoms with van der Waals surface area (Å²) in [5, 5.41) is 12.1. The number of piperazine rings is 1. The number of ether oxygens (including phenoxy) is 1. The van der Waals surface area contributed by atoms with Crippen LogP contribution in [0.5, 0.6) is 0 Å². The van der Waals surface area contributed by atoms with E-state index in [9.17, 15) is 0 Å². The Morgan fingerprint density at radius 2 is 2.17 bits per heavy atom. The summed E-state index contributed by atoms with van der Waals surface area (Å²) in [5.74, 6) is 0. The van der Waals surface area contributed by atoms with E-state index in [0.717, 1.165) is 32.7 Å². The second-order valence-electron chi connectivity index (χ2n) is 3.06. The van der Waals surface area contributed by atoms with E-state index in [2.05, 4.69) is 10.2 Å². The van der Waals surface area contributed by atoms with Gasteiger partial charge in [-0.1, -0.05) is 0 Å². The number of nitrogens with zero attached hydrogens (tertiary/aromatic N) is 1. The third-order valence-corrected chi connectivity index (χ3v) is 1.98. The lowest BCUT2D eigenvalue weighted by Gasteiger charge is -2.27. The Bertz CT molecular complexity index is 114. The quantitative estimate of drug-likeness (QED) is 0.550. The molecule has 2 N–H and O–H groups in total. The van der Waals surface area contributed by atoms with Gasteiger partial charge in [-0.05, 0) is 6.92 Å². The Morgan fingerprint density at radius 3 is 2.75 bits per heavy atom. The zero-order chi connectivity index (χ0) is 8.81. The highest BCUT2D eigenvalue weighted by atomic mass is 16.6. The van der Waals surface area contributed by atoms with Gasteiger partial charge in [-0.25, -0.2) is 0 Å². The van der Waals surface area contributed by atoms with Gasteiger partial charge >= 0.3 is 0 Å². The fourth-order valence-corrected chi connectivity index (χ4v) is 1.29. The van der Waals surface area contributed by atoms with Crippen molar-refractivity contribution in [1.29, 1.82) is 0 Å².